The van der Waals surface area contributed by atoms with Gasteiger partial charge >= 0.3 is 5.97 Å². The molecule has 0 saturated heterocycles. The molecule has 1 aliphatic rings. The molecule has 0 N–H and O–H groups in total. The molecule has 110 valence electrons. The van der Waals surface area contributed by atoms with Crippen LogP contribution < -0.4 is 0 Å². The highest BCUT2D eigenvalue weighted by atomic mass is 17.2. The van der Waals surface area contributed by atoms with Gasteiger partial charge in [-0.25, -0.2) is 4.79 Å². The Bertz CT molecular complexity index is 467. The van der Waals surface area contributed by atoms with Crippen molar-refractivity contribution in [3.8, 4) is 0 Å². The summed E-state index contributed by atoms with van der Waals surface area (Å²) in [5.74, 6) is 0.124. The zero-order chi connectivity index (χ0) is 14.5. The van der Waals surface area contributed by atoms with Crippen LogP contribution >= 0.6 is 0 Å². The van der Waals surface area contributed by atoms with Crippen molar-refractivity contribution in [1.29, 1.82) is 0 Å². The lowest BCUT2D eigenvalue weighted by molar-refractivity contribution is -0.290. The third-order valence-electron chi connectivity index (χ3n) is 4.21. The molecule has 20 heavy (non-hydrogen) atoms. The Morgan fingerprint density at radius 1 is 1.25 bits per heavy atom. The van der Waals surface area contributed by atoms with Crippen molar-refractivity contribution in [1.82, 2.24) is 0 Å². The van der Waals surface area contributed by atoms with Gasteiger partial charge in [0.25, 0.3) is 0 Å². The number of hydrogen-bond donors (Lipinski definition) is 0. The number of rotatable bonds is 4. The van der Waals surface area contributed by atoms with Gasteiger partial charge in [0.2, 0.25) is 0 Å². The van der Waals surface area contributed by atoms with Crippen LogP contribution in [-0.2, 0) is 9.78 Å². The number of benzene rings is 1. The minimum Gasteiger partial charge on any atom is -0.293 e. The highest BCUT2D eigenvalue weighted by molar-refractivity contribution is 5.90. The molecule has 2 rings (SSSR count). The summed E-state index contributed by atoms with van der Waals surface area (Å²) in [6.45, 7) is 6.09. The van der Waals surface area contributed by atoms with Gasteiger partial charge < -0.3 is 0 Å². The van der Waals surface area contributed by atoms with Crippen molar-refractivity contribution in [2.45, 2.75) is 59.0 Å². The maximum atomic E-state index is 12.1. The van der Waals surface area contributed by atoms with Gasteiger partial charge in [0.1, 0.15) is 6.10 Å². The first-order valence-corrected chi connectivity index (χ1v) is 7.56. The summed E-state index contributed by atoms with van der Waals surface area (Å²) >= 11 is 0. The molecule has 0 aromatic heterocycles. The van der Waals surface area contributed by atoms with Gasteiger partial charge in [-0.1, -0.05) is 43.9 Å². The fourth-order valence-electron chi connectivity index (χ4n) is 2.96. The average Bonchev–Trinajstić information content (AvgIpc) is 2.45. The van der Waals surface area contributed by atoms with E-state index < -0.39 is 0 Å². The molecule has 0 amide bonds. The second kappa shape index (κ2) is 6.89. The van der Waals surface area contributed by atoms with Crippen molar-refractivity contribution >= 4 is 5.97 Å². The Hall–Kier alpha value is -1.35. The maximum absolute atomic E-state index is 12.1. The summed E-state index contributed by atoms with van der Waals surface area (Å²) in [6, 6.07) is 5.69. The lowest BCUT2D eigenvalue weighted by Crippen LogP contribution is -2.28. The maximum Gasteiger partial charge on any atom is 0.373 e. The molecule has 0 bridgehead atoms. The number of hydrogen-bond acceptors (Lipinski definition) is 3. The Kier molecular flexibility index (Phi) is 5.18. The number of carbonyl (C=O) groups excluding carboxylic acids is 1. The van der Waals surface area contributed by atoms with Gasteiger partial charge in [0.15, 0.2) is 0 Å². The van der Waals surface area contributed by atoms with Gasteiger partial charge in [0, 0.05) is 0 Å². The highest BCUT2D eigenvalue weighted by Gasteiger charge is 2.26. The molecule has 1 aromatic carbocycles. The lowest BCUT2D eigenvalue weighted by atomic mass is 9.85. The van der Waals surface area contributed by atoms with E-state index in [1.807, 2.05) is 26.0 Å². The number of aryl methyl sites for hydroxylation is 2. The van der Waals surface area contributed by atoms with E-state index in [0.717, 1.165) is 30.4 Å². The lowest BCUT2D eigenvalue weighted by Gasteiger charge is -2.28. The van der Waals surface area contributed by atoms with E-state index in [2.05, 4.69) is 6.92 Å². The van der Waals surface area contributed by atoms with E-state index in [0.29, 0.717) is 11.5 Å². The SMILES string of the molecule is CCC1CCCCC1OOC(=O)c1ccc(C)cc1C. The summed E-state index contributed by atoms with van der Waals surface area (Å²) in [5, 5.41) is 0. The van der Waals surface area contributed by atoms with Crippen LogP contribution in [0.25, 0.3) is 0 Å². The first-order chi connectivity index (χ1) is 9.61. The van der Waals surface area contributed by atoms with Crippen LogP contribution in [0, 0.1) is 19.8 Å². The minimum absolute atomic E-state index is 0.0588. The second-order valence-corrected chi connectivity index (χ2v) is 5.78. The van der Waals surface area contributed by atoms with Gasteiger partial charge in [-0.05, 0) is 44.2 Å². The third kappa shape index (κ3) is 3.60. The Labute approximate surface area is 121 Å². The topological polar surface area (TPSA) is 35.5 Å². The summed E-state index contributed by atoms with van der Waals surface area (Å²) in [6.07, 6.45) is 5.70. The largest absolute Gasteiger partial charge is 0.373 e. The molecule has 1 saturated carbocycles. The van der Waals surface area contributed by atoms with Crippen molar-refractivity contribution in [3.05, 3.63) is 34.9 Å². The van der Waals surface area contributed by atoms with Crippen molar-refractivity contribution in [2.75, 3.05) is 0 Å². The fraction of sp³-hybridized carbons (Fsp3) is 0.588. The summed E-state index contributed by atoms with van der Waals surface area (Å²) in [7, 11) is 0. The third-order valence-corrected chi connectivity index (χ3v) is 4.21. The smallest absolute Gasteiger partial charge is 0.293 e. The Morgan fingerprint density at radius 2 is 2.00 bits per heavy atom. The zero-order valence-corrected chi connectivity index (χ0v) is 12.6. The van der Waals surface area contributed by atoms with Crippen LogP contribution in [-0.4, -0.2) is 12.1 Å². The fourth-order valence-corrected chi connectivity index (χ4v) is 2.96. The monoisotopic (exact) mass is 276 g/mol. The second-order valence-electron chi connectivity index (χ2n) is 5.78. The van der Waals surface area contributed by atoms with Crippen LogP contribution in [0.1, 0.15) is 60.5 Å². The molecule has 0 aliphatic heterocycles. The molecule has 0 heterocycles. The predicted molar refractivity (Wildman–Crippen MR) is 78.5 cm³/mol. The van der Waals surface area contributed by atoms with E-state index >= 15 is 0 Å². The van der Waals surface area contributed by atoms with Crippen LogP contribution in [0.4, 0.5) is 0 Å². The molecule has 1 aromatic rings. The van der Waals surface area contributed by atoms with Crippen molar-refractivity contribution in [3.63, 3.8) is 0 Å². The molecule has 1 aliphatic carbocycles. The molecular weight excluding hydrogens is 252 g/mol. The van der Waals surface area contributed by atoms with Gasteiger partial charge in [-0.15, -0.1) is 0 Å². The standard InChI is InChI=1S/C17H24O3/c1-4-14-7-5-6-8-16(14)19-20-17(18)15-10-9-12(2)11-13(15)3/h9-11,14,16H,4-8H2,1-3H3. The summed E-state index contributed by atoms with van der Waals surface area (Å²) in [5.41, 5.74) is 2.65. The van der Waals surface area contributed by atoms with E-state index in [1.165, 1.54) is 12.8 Å². The molecule has 1 fully saturated rings. The quantitative estimate of drug-likeness (QED) is 0.605. The van der Waals surface area contributed by atoms with Crippen LogP contribution in [0.3, 0.4) is 0 Å². The van der Waals surface area contributed by atoms with Gasteiger partial charge in [-0.3, -0.25) is 4.89 Å². The molecular formula is C17H24O3. The van der Waals surface area contributed by atoms with E-state index in [4.69, 9.17) is 9.78 Å². The summed E-state index contributed by atoms with van der Waals surface area (Å²) < 4.78 is 0. The molecule has 0 radical (unpaired) electrons. The number of carbonyl (C=O) groups is 1. The molecule has 0 spiro atoms. The molecule has 3 nitrogen and oxygen atoms in total. The predicted octanol–water partition coefficient (Wildman–Crippen LogP) is 4.36. The van der Waals surface area contributed by atoms with Crippen LogP contribution in [0.5, 0.6) is 0 Å². The van der Waals surface area contributed by atoms with E-state index in [-0.39, 0.29) is 12.1 Å². The minimum atomic E-state index is -0.386. The van der Waals surface area contributed by atoms with Crippen LogP contribution in [0.2, 0.25) is 0 Å². The average molecular weight is 276 g/mol. The molecule has 2 unspecified atom stereocenters. The normalized spacial score (nSPS) is 22.6. The van der Waals surface area contributed by atoms with E-state index in [9.17, 15) is 4.79 Å². The molecule has 2 atom stereocenters. The van der Waals surface area contributed by atoms with Crippen molar-refractivity contribution < 1.29 is 14.6 Å². The van der Waals surface area contributed by atoms with Gasteiger partial charge in [0.05, 0.1) is 5.56 Å². The van der Waals surface area contributed by atoms with Crippen LogP contribution in [0.15, 0.2) is 18.2 Å². The Morgan fingerprint density at radius 3 is 2.70 bits per heavy atom. The molecule has 3 heteroatoms. The first-order valence-electron chi connectivity index (χ1n) is 7.56. The van der Waals surface area contributed by atoms with Gasteiger partial charge in [-0.2, -0.15) is 4.89 Å². The Balaban J connectivity index is 1.94. The zero-order valence-electron chi connectivity index (χ0n) is 12.6. The van der Waals surface area contributed by atoms with E-state index in [1.54, 1.807) is 6.07 Å². The summed E-state index contributed by atoms with van der Waals surface area (Å²) in [4.78, 5) is 22.6. The van der Waals surface area contributed by atoms with Crippen molar-refractivity contribution in [2.24, 2.45) is 5.92 Å². The highest BCUT2D eigenvalue weighted by Crippen LogP contribution is 2.29. The first kappa shape index (κ1) is 15.0.